The van der Waals surface area contributed by atoms with Crippen LogP contribution in [0.2, 0.25) is 0 Å². The van der Waals surface area contributed by atoms with Gasteiger partial charge in [-0.05, 0) is 12.5 Å². The number of nitrogens with zero attached hydrogens (tertiary/aromatic N) is 4. The summed E-state index contributed by atoms with van der Waals surface area (Å²) in [5.41, 5.74) is 2.07. The van der Waals surface area contributed by atoms with Crippen LogP contribution >= 0.6 is 11.3 Å². The first-order valence-electron chi connectivity index (χ1n) is 8.88. The van der Waals surface area contributed by atoms with E-state index in [0.717, 1.165) is 34.6 Å². The number of carbonyl (C=O) groups is 1. The number of urea groups is 1. The summed E-state index contributed by atoms with van der Waals surface area (Å²) >= 11 is 1.65. The lowest BCUT2D eigenvalue weighted by molar-refractivity contribution is 0.206. The van der Waals surface area contributed by atoms with Gasteiger partial charge in [-0.25, -0.2) is 9.78 Å². The average molecular weight is 372 g/mol. The van der Waals surface area contributed by atoms with E-state index in [9.17, 15) is 4.79 Å². The second kappa shape index (κ2) is 8.31. The van der Waals surface area contributed by atoms with Crippen molar-refractivity contribution in [3.63, 3.8) is 0 Å². The molecule has 0 atom stereocenters. The third kappa shape index (κ3) is 4.40. The number of para-hydroxylation sites is 1. The van der Waals surface area contributed by atoms with Gasteiger partial charge in [-0.1, -0.05) is 32.0 Å². The molecule has 0 aliphatic heterocycles. The number of hydrogen-bond donors (Lipinski definition) is 1. The van der Waals surface area contributed by atoms with Crippen molar-refractivity contribution in [2.24, 2.45) is 0 Å². The SMILES string of the molecule is CC(C)c1nc(CN(C)C(=O)NCCCn2ncc3ccccc32)cs1. The zero-order chi connectivity index (χ0) is 18.5. The molecule has 3 rings (SSSR count). The number of benzene rings is 1. The molecule has 0 saturated carbocycles. The molecule has 3 aromatic rings. The lowest BCUT2D eigenvalue weighted by atomic mass is 10.2. The lowest BCUT2D eigenvalue weighted by Crippen LogP contribution is -2.37. The summed E-state index contributed by atoms with van der Waals surface area (Å²) in [6.07, 6.45) is 2.71. The molecular weight excluding hydrogens is 346 g/mol. The summed E-state index contributed by atoms with van der Waals surface area (Å²) in [6.45, 7) is 6.18. The first-order chi connectivity index (χ1) is 12.5. The molecule has 0 aliphatic carbocycles. The molecule has 2 heterocycles. The predicted molar refractivity (Wildman–Crippen MR) is 105 cm³/mol. The number of fused-ring (bicyclic) bond motifs is 1. The fraction of sp³-hybridized carbons (Fsp3) is 0.421. The minimum absolute atomic E-state index is 0.0746. The van der Waals surface area contributed by atoms with Gasteiger partial charge in [-0.15, -0.1) is 11.3 Å². The van der Waals surface area contributed by atoms with Gasteiger partial charge < -0.3 is 10.2 Å². The Bertz CT molecular complexity index is 870. The number of amides is 2. The molecule has 2 aromatic heterocycles. The van der Waals surface area contributed by atoms with Crippen LogP contribution in [0, 0.1) is 0 Å². The Hall–Kier alpha value is -2.41. The van der Waals surface area contributed by atoms with Gasteiger partial charge >= 0.3 is 6.03 Å². The second-order valence-electron chi connectivity index (χ2n) is 6.70. The van der Waals surface area contributed by atoms with E-state index in [0.29, 0.717) is 19.0 Å². The van der Waals surface area contributed by atoms with Crippen molar-refractivity contribution in [2.45, 2.75) is 39.3 Å². The standard InChI is InChI=1S/C19H25N5OS/c1-14(2)18-22-16(13-26-18)12-23(3)19(25)20-9-6-10-24-17-8-5-4-7-15(17)11-21-24/h4-5,7-8,11,13-14H,6,9-10,12H2,1-3H3,(H,20,25). The quantitative estimate of drug-likeness (QED) is 0.642. The van der Waals surface area contributed by atoms with Gasteiger partial charge in [-0.2, -0.15) is 5.10 Å². The van der Waals surface area contributed by atoms with Crippen molar-refractivity contribution in [2.75, 3.05) is 13.6 Å². The number of rotatable bonds is 7. The topological polar surface area (TPSA) is 63.1 Å². The third-order valence-electron chi connectivity index (χ3n) is 4.18. The van der Waals surface area contributed by atoms with E-state index in [-0.39, 0.29) is 6.03 Å². The van der Waals surface area contributed by atoms with Gasteiger partial charge in [0.2, 0.25) is 0 Å². The van der Waals surface area contributed by atoms with Gasteiger partial charge in [0.15, 0.2) is 0 Å². The Labute approximate surface area is 157 Å². The molecule has 0 radical (unpaired) electrons. The molecular formula is C19H25N5OS. The van der Waals surface area contributed by atoms with Crippen LogP contribution in [-0.4, -0.2) is 39.3 Å². The monoisotopic (exact) mass is 371 g/mol. The maximum absolute atomic E-state index is 12.2. The summed E-state index contributed by atoms with van der Waals surface area (Å²) in [5.74, 6) is 0.422. The number of carbonyl (C=O) groups excluding carboxylic acids is 1. The zero-order valence-corrected chi connectivity index (χ0v) is 16.3. The highest BCUT2D eigenvalue weighted by atomic mass is 32.1. The minimum atomic E-state index is -0.0746. The van der Waals surface area contributed by atoms with Crippen molar-refractivity contribution in [1.82, 2.24) is 25.0 Å². The predicted octanol–water partition coefficient (Wildman–Crippen LogP) is 3.85. The van der Waals surface area contributed by atoms with Crippen molar-refractivity contribution < 1.29 is 4.79 Å². The molecule has 0 unspecified atom stereocenters. The van der Waals surface area contributed by atoms with Crippen LogP contribution in [0.25, 0.3) is 10.9 Å². The number of aromatic nitrogens is 3. The summed E-state index contributed by atoms with van der Waals surface area (Å²) in [4.78, 5) is 18.5. The number of thiazole rings is 1. The van der Waals surface area contributed by atoms with Gasteiger partial charge in [0, 0.05) is 36.8 Å². The fourth-order valence-corrected chi connectivity index (χ4v) is 3.56. The van der Waals surface area contributed by atoms with Crippen LogP contribution in [0.1, 0.15) is 36.9 Å². The maximum Gasteiger partial charge on any atom is 0.317 e. The van der Waals surface area contributed by atoms with Gasteiger partial charge in [0.1, 0.15) is 0 Å². The van der Waals surface area contributed by atoms with Crippen molar-refractivity contribution >= 4 is 28.3 Å². The smallest absolute Gasteiger partial charge is 0.317 e. The largest absolute Gasteiger partial charge is 0.338 e. The highest BCUT2D eigenvalue weighted by Crippen LogP contribution is 2.19. The Morgan fingerprint density at radius 1 is 1.35 bits per heavy atom. The van der Waals surface area contributed by atoms with E-state index >= 15 is 0 Å². The summed E-state index contributed by atoms with van der Waals surface area (Å²) in [7, 11) is 1.80. The fourth-order valence-electron chi connectivity index (χ4n) is 2.74. The van der Waals surface area contributed by atoms with Crippen LogP contribution in [0.5, 0.6) is 0 Å². The highest BCUT2D eigenvalue weighted by molar-refractivity contribution is 7.09. The molecule has 7 heteroatoms. The third-order valence-corrected chi connectivity index (χ3v) is 5.38. The highest BCUT2D eigenvalue weighted by Gasteiger charge is 2.12. The van der Waals surface area contributed by atoms with Crippen LogP contribution in [0.15, 0.2) is 35.8 Å². The summed E-state index contributed by atoms with van der Waals surface area (Å²) in [5, 5.41) is 11.7. The van der Waals surface area contributed by atoms with Crippen molar-refractivity contribution in [1.29, 1.82) is 0 Å². The molecule has 0 spiro atoms. The van der Waals surface area contributed by atoms with Crippen LogP contribution in [-0.2, 0) is 13.1 Å². The van der Waals surface area contributed by atoms with E-state index in [1.165, 1.54) is 0 Å². The van der Waals surface area contributed by atoms with Crippen LogP contribution in [0.4, 0.5) is 4.79 Å². The van der Waals surface area contributed by atoms with Crippen LogP contribution < -0.4 is 5.32 Å². The first kappa shape index (κ1) is 18.4. The Morgan fingerprint density at radius 2 is 2.15 bits per heavy atom. The van der Waals surface area contributed by atoms with E-state index < -0.39 is 0 Å². The Balaban J connectivity index is 1.43. The van der Waals surface area contributed by atoms with Crippen molar-refractivity contribution in [3.8, 4) is 0 Å². The van der Waals surface area contributed by atoms with Crippen molar-refractivity contribution in [3.05, 3.63) is 46.5 Å². The molecule has 0 saturated heterocycles. The molecule has 0 fully saturated rings. The molecule has 2 amide bonds. The van der Waals surface area contributed by atoms with Gasteiger partial charge in [-0.3, -0.25) is 4.68 Å². The second-order valence-corrected chi connectivity index (χ2v) is 7.59. The molecule has 0 aliphatic rings. The maximum atomic E-state index is 12.2. The van der Waals surface area contributed by atoms with Gasteiger partial charge in [0.25, 0.3) is 0 Å². The average Bonchev–Trinajstić information content (AvgIpc) is 3.26. The molecule has 26 heavy (non-hydrogen) atoms. The summed E-state index contributed by atoms with van der Waals surface area (Å²) in [6, 6.07) is 8.07. The molecule has 1 N–H and O–H groups in total. The Kier molecular flexibility index (Phi) is 5.88. The van der Waals surface area contributed by atoms with E-state index in [4.69, 9.17) is 0 Å². The lowest BCUT2D eigenvalue weighted by Gasteiger charge is -2.17. The molecule has 138 valence electrons. The number of nitrogens with one attached hydrogen (secondary N) is 1. The van der Waals surface area contributed by atoms with E-state index in [1.807, 2.05) is 28.4 Å². The van der Waals surface area contributed by atoms with Crippen LogP contribution in [0.3, 0.4) is 0 Å². The Morgan fingerprint density at radius 3 is 2.92 bits per heavy atom. The first-order valence-corrected chi connectivity index (χ1v) is 9.76. The minimum Gasteiger partial charge on any atom is -0.338 e. The summed E-state index contributed by atoms with van der Waals surface area (Å²) < 4.78 is 1.98. The van der Waals surface area contributed by atoms with E-state index in [2.05, 4.69) is 41.4 Å². The molecule has 0 bridgehead atoms. The normalized spacial score (nSPS) is 11.2. The number of hydrogen-bond acceptors (Lipinski definition) is 4. The zero-order valence-electron chi connectivity index (χ0n) is 15.5. The molecule has 1 aromatic carbocycles. The van der Waals surface area contributed by atoms with Gasteiger partial charge in [0.05, 0.1) is 29.0 Å². The van der Waals surface area contributed by atoms with E-state index in [1.54, 1.807) is 23.3 Å². The number of aryl methyl sites for hydroxylation is 1. The molecule has 6 nitrogen and oxygen atoms in total.